The predicted molar refractivity (Wildman–Crippen MR) is 113 cm³/mol. The average molecular weight is 415 g/mol. The van der Waals surface area contributed by atoms with Gasteiger partial charge in [-0.05, 0) is 54.5 Å². The Labute approximate surface area is 171 Å². The van der Waals surface area contributed by atoms with Crippen LogP contribution in [0.2, 0.25) is 0 Å². The fourth-order valence-electron chi connectivity index (χ4n) is 4.43. The van der Waals surface area contributed by atoms with E-state index in [1.165, 1.54) is 0 Å². The first-order valence-corrected chi connectivity index (χ1v) is 11.5. The smallest absolute Gasteiger partial charge is 0.178 e. The molecule has 4 rings (SSSR count). The number of hydrogen-bond acceptors (Lipinski definition) is 6. The summed E-state index contributed by atoms with van der Waals surface area (Å²) in [6.07, 6.45) is 1.80. The molecule has 2 aliphatic rings. The monoisotopic (exact) mass is 414 g/mol. The molecule has 0 spiro atoms. The second-order valence-electron chi connectivity index (χ2n) is 7.90. The molecule has 6 nitrogen and oxygen atoms in total. The largest absolute Gasteiger partial charge is 0.495 e. The van der Waals surface area contributed by atoms with Crippen LogP contribution in [0.3, 0.4) is 0 Å². The molecule has 0 amide bonds. The molecule has 1 saturated carbocycles. The summed E-state index contributed by atoms with van der Waals surface area (Å²) in [6.45, 7) is 2.43. The third-order valence-corrected chi connectivity index (χ3v) is 7.86. The van der Waals surface area contributed by atoms with E-state index in [9.17, 15) is 13.5 Å². The summed E-state index contributed by atoms with van der Waals surface area (Å²) in [4.78, 5) is 4.58. The maximum absolute atomic E-state index is 12.9. The molecule has 3 N–H and O–H groups in total. The molecule has 0 bridgehead atoms. The number of aliphatic hydroxyl groups excluding tert-OH is 1. The Morgan fingerprint density at radius 3 is 2.62 bits per heavy atom. The van der Waals surface area contributed by atoms with Crippen molar-refractivity contribution in [1.82, 2.24) is 0 Å². The summed E-state index contributed by atoms with van der Waals surface area (Å²) in [5, 5.41) is 10.0. The SMILES string of the molecule is COc1c(-c2ccc(S(=O)(=O)C[C@@H]3CCC[C@@H]3O)cc2C)ccc2c1C(N)=NC2. The number of ether oxygens (including phenoxy) is 1. The fraction of sp³-hybridized carbons (Fsp3) is 0.409. The number of nitrogens with zero attached hydrogens (tertiary/aromatic N) is 1. The van der Waals surface area contributed by atoms with Gasteiger partial charge < -0.3 is 15.6 Å². The maximum atomic E-state index is 12.9. The van der Waals surface area contributed by atoms with E-state index in [0.717, 1.165) is 40.7 Å². The normalized spacial score (nSPS) is 21.1. The van der Waals surface area contributed by atoms with Crippen LogP contribution >= 0.6 is 0 Å². The molecular weight excluding hydrogens is 388 g/mol. The minimum Gasteiger partial charge on any atom is -0.495 e. The highest BCUT2D eigenvalue weighted by Crippen LogP contribution is 2.39. The second kappa shape index (κ2) is 7.46. The zero-order chi connectivity index (χ0) is 20.8. The summed E-state index contributed by atoms with van der Waals surface area (Å²) >= 11 is 0. The molecule has 2 aromatic rings. The minimum absolute atomic E-state index is 0.0118. The van der Waals surface area contributed by atoms with Crippen LogP contribution in [0.15, 0.2) is 40.2 Å². The van der Waals surface area contributed by atoms with Gasteiger partial charge in [0.25, 0.3) is 0 Å². The van der Waals surface area contributed by atoms with Crippen LogP contribution in [0.4, 0.5) is 0 Å². The van der Waals surface area contributed by atoms with Crippen LogP contribution in [0.25, 0.3) is 11.1 Å². The molecule has 1 heterocycles. The molecule has 1 aliphatic heterocycles. The lowest BCUT2D eigenvalue weighted by Gasteiger charge is -2.17. The summed E-state index contributed by atoms with van der Waals surface area (Å²) < 4.78 is 31.4. The van der Waals surface area contributed by atoms with Gasteiger partial charge in [0, 0.05) is 5.56 Å². The molecule has 29 heavy (non-hydrogen) atoms. The Bertz CT molecular complexity index is 1090. The van der Waals surface area contributed by atoms with E-state index in [1.807, 2.05) is 25.1 Å². The van der Waals surface area contributed by atoms with Crippen molar-refractivity contribution >= 4 is 15.7 Å². The molecule has 2 atom stereocenters. The topological polar surface area (TPSA) is 102 Å². The highest BCUT2D eigenvalue weighted by Gasteiger charge is 2.31. The Hall–Kier alpha value is -2.38. The number of rotatable bonds is 5. The van der Waals surface area contributed by atoms with Gasteiger partial charge >= 0.3 is 0 Å². The number of aliphatic imine (C=N–C) groups is 1. The third-order valence-electron chi connectivity index (χ3n) is 6.02. The first-order valence-electron chi connectivity index (χ1n) is 9.84. The summed E-state index contributed by atoms with van der Waals surface area (Å²) in [6, 6.07) is 9.12. The minimum atomic E-state index is -3.46. The van der Waals surface area contributed by atoms with Gasteiger partial charge in [0.1, 0.15) is 11.6 Å². The molecule has 154 valence electrons. The molecule has 2 aromatic carbocycles. The molecule has 1 aliphatic carbocycles. The van der Waals surface area contributed by atoms with E-state index >= 15 is 0 Å². The van der Waals surface area contributed by atoms with Crippen molar-refractivity contribution in [2.45, 2.75) is 43.7 Å². The predicted octanol–water partition coefficient (Wildman–Crippen LogP) is 2.82. The first kappa shape index (κ1) is 19.9. The van der Waals surface area contributed by atoms with E-state index in [-0.39, 0.29) is 11.7 Å². The second-order valence-corrected chi connectivity index (χ2v) is 9.93. The van der Waals surface area contributed by atoms with Gasteiger partial charge in [-0.2, -0.15) is 0 Å². The van der Waals surface area contributed by atoms with Crippen molar-refractivity contribution in [2.24, 2.45) is 16.6 Å². The number of fused-ring (bicyclic) bond motifs is 1. The molecule has 7 heteroatoms. The summed E-state index contributed by atoms with van der Waals surface area (Å²) in [5.74, 6) is 0.932. The lowest BCUT2D eigenvalue weighted by Crippen LogP contribution is -2.23. The number of hydrogen-bond donors (Lipinski definition) is 2. The van der Waals surface area contributed by atoms with Gasteiger partial charge in [-0.3, -0.25) is 4.99 Å². The van der Waals surface area contributed by atoms with Crippen LogP contribution in [0.1, 0.15) is 36.0 Å². The maximum Gasteiger partial charge on any atom is 0.178 e. The van der Waals surface area contributed by atoms with E-state index in [1.54, 1.807) is 19.2 Å². The molecule has 0 saturated heterocycles. The molecule has 0 aromatic heterocycles. The van der Waals surface area contributed by atoms with Crippen LogP contribution in [-0.2, 0) is 16.4 Å². The fourth-order valence-corrected chi connectivity index (χ4v) is 6.21. The van der Waals surface area contributed by atoms with Crippen LogP contribution in [0.5, 0.6) is 5.75 Å². The molecule has 0 radical (unpaired) electrons. The standard InChI is InChI=1S/C22H26N2O4S/c1-13-10-16(29(26,27)12-15-4-3-5-19(15)25)7-9-17(13)18-8-6-14-11-24-22(23)20(14)21(18)28-2/h6-10,15,19,25H,3-5,11-12H2,1-2H3,(H2,23,24)/t15-,19-/m0/s1. The van der Waals surface area contributed by atoms with Crippen LogP contribution in [-0.4, -0.2) is 38.3 Å². The van der Waals surface area contributed by atoms with Gasteiger partial charge in [-0.1, -0.05) is 24.6 Å². The van der Waals surface area contributed by atoms with E-state index in [2.05, 4.69) is 4.99 Å². The van der Waals surface area contributed by atoms with Crippen molar-refractivity contribution in [2.75, 3.05) is 12.9 Å². The van der Waals surface area contributed by atoms with Crippen molar-refractivity contribution in [1.29, 1.82) is 0 Å². The van der Waals surface area contributed by atoms with Gasteiger partial charge in [-0.15, -0.1) is 0 Å². The Morgan fingerprint density at radius 1 is 1.21 bits per heavy atom. The summed E-state index contributed by atoms with van der Waals surface area (Å²) in [5.41, 5.74) is 10.5. The average Bonchev–Trinajstić information content (AvgIpc) is 3.26. The Balaban J connectivity index is 1.70. The number of benzene rings is 2. The lowest BCUT2D eigenvalue weighted by atomic mass is 9.95. The zero-order valence-electron chi connectivity index (χ0n) is 16.7. The van der Waals surface area contributed by atoms with E-state index in [0.29, 0.717) is 29.4 Å². The number of nitrogens with two attached hydrogens (primary N) is 1. The van der Waals surface area contributed by atoms with E-state index < -0.39 is 15.9 Å². The van der Waals surface area contributed by atoms with E-state index in [4.69, 9.17) is 10.5 Å². The first-order chi connectivity index (χ1) is 13.8. The number of aliphatic hydroxyl groups is 1. The number of aryl methyl sites for hydroxylation is 1. The summed E-state index contributed by atoms with van der Waals surface area (Å²) in [7, 11) is -1.86. The highest BCUT2D eigenvalue weighted by molar-refractivity contribution is 7.91. The number of amidine groups is 1. The van der Waals surface area contributed by atoms with Gasteiger partial charge in [0.15, 0.2) is 9.84 Å². The molecule has 0 unspecified atom stereocenters. The molecular formula is C22H26N2O4S. The lowest BCUT2D eigenvalue weighted by molar-refractivity contribution is 0.142. The van der Waals surface area contributed by atoms with Crippen molar-refractivity contribution in [3.63, 3.8) is 0 Å². The zero-order valence-corrected chi connectivity index (χ0v) is 17.5. The molecule has 1 fully saturated rings. The van der Waals surface area contributed by atoms with Crippen molar-refractivity contribution in [3.05, 3.63) is 47.0 Å². The van der Waals surface area contributed by atoms with Crippen LogP contribution < -0.4 is 10.5 Å². The number of sulfone groups is 1. The van der Waals surface area contributed by atoms with Gasteiger partial charge in [-0.25, -0.2) is 8.42 Å². The number of methoxy groups -OCH3 is 1. The van der Waals surface area contributed by atoms with Crippen LogP contribution in [0, 0.1) is 12.8 Å². The Morgan fingerprint density at radius 2 is 1.97 bits per heavy atom. The van der Waals surface area contributed by atoms with Crippen molar-refractivity contribution < 1.29 is 18.3 Å². The highest BCUT2D eigenvalue weighted by atomic mass is 32.2. The third kappa shape index (κ3) is 3.53. The van der Waals surface area contributed by atoms with Gasteiger partial charge in [0.05, 0.1) is 36.0 Å². The quantitative estimate of drug-likeness (QED) is 0.783. The Kier molecular flexibility index (Phi) is 5.12. The van der Waals surface area contributed by atoms with Gasteiger partial charge in [0.2, 0.25) is 0 Å². The van der Waals surface area contributed by atoms with Crippen molar-refractivity contribution in [3.8, 4) is 16.9 Å².